The molecule has 33 heavy (non-hydrogen) atoms. The van der Waals surface area contributed by atoms with Gasteiger partial charge < -0.3 is 24.5 Å². The molecule has 0 fully saturated rings. The fourth-order valence-corrected chi connectivity index (χ4v) is 4.38. The first-order valence-corrected chi connectivity index (χ1v) is 11.3. The van der Waals surface area contributed by atoms with Crippen LogP contribution in [0.1, 0.15) is 25.0 Å². The highest BCUT2D eigenvalue weighted by Crippen LogP contribution is 2.28. The standard InChI is InChI=1S/C28H28N2O3/c1-18(32-27-16-21-8-3-5-11-24(21)29-27)14-20-10-7-13-26(31)23(20)15-19(2)33-28-17-22-9-4-6-12-25(22)30-28/h3-13,16-19,29-31H,14-15H2,1-2H3. The van der Waals surface area contributed by atoms with Gasteiger partial charge in [-0.15, -0.1) is 0 Å². The van der Waals surface area contributed by atoms with E-state index in [0.29, 0.717) is 12.8 Å². The fourth-order valence-electron chi connectivity index (χ4n) is 4.38. The van der Waals surface area contributed by atoms with Gasteiger partial charge >= 0.3 is 0 Å². The first-order valence-electron chi connectivity index (χ1n) is 11.3. The van der Waals surface area contributed by atoms with Crippen LogP contribution in [0.2, 0.25) is 0 Å². The van der Waals surface area contributed by atoms with Crippen molar-refractivity contribution in [1.29, 1.82) is 0 Å². The molecule has 5 rings (SSSR count). The second-order valence-corrected chi connectivity index (χ2v) is 8.62. The monoisotopic (exact) mass is 440 g/mol. The molecular weight excluding hydrogens is 412 g/mol. The lowest BCUT2D eigenvalue weighted by atomic mass is 9.97. The summed E-state index contributed by atoms with van der Waals surface area (Å²) in [7, 11) is 0. The summed E-state index contributed by atoms with van der Waals surface area (Å²) < 4.78 is 12.3. The lowest BCUT2D eigenvalue weighted by Gasteiger charge is -2.19. The lowest BCUT2D eigenvalue weighted by Crippen LogP contribution is -2.19. The van der Waals surface area contributed by atoms with Crippen molar-refractivity contribution < 1.29 is 14.6 Å². The maximum Gasteiger partial charge on any atom is 0.192 e. The Bertz CT molecular complexity index is 1320. The number of phenols is 1. The minimum atomic E-state index is -0.116. The lowest BCUT2D eigenvalue weighted by molar-refractivity contribution is 0.207. The SMILES string of the molecule is CC(Cc1cccc(O)c1CC(C)Oc1cc2ccccc2[nH]1)Oc1cc2ccccc2[nH]1. The van der Waals surface area contributed by atoms with Crippen LogP contribution >= 0.6 is 0 Å². The summed E-state index contributed by atoms with van der Waals surface area (Å²) in [5.41, 5.74) is 4.06. The number of para-hydroxylation sites is 2. The van der Waals surface area contributed by atoms with Gasteiger partial charge in [0.1, 0.15) is 18.0 Å². The summed E-state index contributed by atoms with van der Waals surface area (Å²) in [6.07, 6.45) is 1.09. The van der Waals surface area contributed by atoms with Crippen molar-refractivity contribution in [2.45, 2.75) is 38.9 Å². The van der Waals surface area contributed by atoms with Gasteiger partial charge in [0.25, 0.3) is 0 Å². The van der Waals surface area contributed by atoms with Gasteiger partial charge in [0.2, 0.25) is 0 Å². The number of hydrogen-bond acceptors (Lipinski definition) is 3. The Labute approximate surface area is 193 Å². The third-order valence-corrected chi connectivity index (χ3v) is 5.91. The normalized spacial score (nSPS) is 13.3. The van der Waals surface area contributed by atoms with Crippen LogP contribution in [0.5, 0.6) is 17.5 Å². The summed E-state index contributed by atoms with van der Waals surface area (Å²) in [5, 5.41) is 12.9. The van der Waals surface area contributed by atoms with E-state index in [-0.39, 0.29) is 18.0 Å². The van der Waals surface area contributed by atoms with Gasteiger partial charge in [-0.05, 0) is 37.6 Å². The molecule has 168 valence electrons. The highest BCUT2D eigenvalue weighted by atomic mass is 16.5. The van der Waals surface area contributed by atoms with Gasteiger partial charge in [0.05, 0.1) is 0 Å². The third-order valence-electron chi connectivity index (χ3n) is 5.91. The molecule has 5 nitrogen and oxygen atoms in total. The van der Waals surface area contributed by atoms with E-state index in [9.17, 15) is 5.11 Å². The zero-order valence-corrected chi connectivity index (χ0v) is 18.8. The number of fused-ring (bicyclic) bond motifs is 2. The van der Waals surface area contributed by atoms with Crippen LogP contribution in [-0.2, 0) is 12.8 Å². The Morgan fingerprint density at radius 1 is 0.697 bits per heavy atom. The van der Waals surface area contributed by atoms with Gasteiger partial charge in [0, 0.05) is 52.3 Å². The molecule has 2 heterocycles. The Morgan fingerprint density at radius 3 is 1.82 bits per heavy atom. The molecule has 0 bridgehead atoms. The van der Waals surface area contributed by atoms with E-state index in [1.54, 1.807) is 6.07 Å². The van der Waals surface area contributed by atoms with Crippen LogP contribution in [0.3, 0.4) is 0 Å². The average molecular weight is 441 g/mol. The van der Waals surface area contributed by atoms with Crippen LogP contribution in [0.25, 0.3) is 21.8 Å². The van der Waals surface area contributed by atoms with Crippen LogP contribution in [0, 0.1) is 0 Å². The number of rotatable bonds is 8. The molecule has 0 radical (unpaired) electrons. The van der Waals surface area contributed by atoms with E-state index in [0.717, 1.165) is 44.7 Å². The highest BCUT2D eigenvalue weighted by Gasteiger charge is 2.17. The molecule has 0 aliphatic heterocycles. The Hall–Kier alpha value is -3.86. The molecule has 0 saturated heterocycles. The molecular formula is C28H28N2O3. The number of phenolic OH excluding ortho intramolecular Hbond substituents is 1. The predicted molar refractivity (Wildman–Crippen MR) is 132 cm³/mol. The summed E-state index contributed by atoms with van der Waals surface area (Å²) in [6, 6.07) is 25.9. The Balaban J connectivity index is 1.28. The summed E-state index contributed by atoms with van der Waals surface area (Å²) >= 11 is 0. The summed E-state index contributed by atoms with van der Waals surface area (Å²) in [6.45, 7) is 4.07. The number of ether oxygens (including phenoxy) is 2. The molecule has 0 spiro atoms. The number of hydrogen-bond donors (Lipinski definition) is 3. The van der Waals surface area contributed by atoms with E-state index < -0.39 is 0 Å². The van der Waals surface area contributed by atoms with Crippen molar-refractivity contribution in [3.63, 3.8) is 0 Å². The van der Waals surface area contributed by atoms with Gasteiger partial charge in [-0.2, -0.15) is 0 Å². The van der Waals surface area contributed by atoms with E-state index in [1.165, 1.54) is 0 Å². The molecule has 2 unspecified atom stereocenters. The van der Waals surface area contributed by atoms with E-state index in [2.05, 4.69) is 28.2 Å². The third kappa shape index (κ3) is 4.67. The van der Waals surface area contributed by atoms with E-state index in [4.69, 9.17) is 9.47 Å². The number of H-pyrrole nitrogens is 2. The van der Waals surface area contributed by atoms with E-state index in [1.807, 2.05) is 68.4 Å². The molecule has 0 amide bonds. The molecule has 3 aromatic carbocycles. The van der Waals surface area contributed by atoms with Gasteiger partial charge in [-0.1, -0.05) is 48.5 Å². The second kappa shape index (κ2) is 8.94. The molecule has 2 aromatic heterocycles. The Morgan fingerprint density at radius 2 is 1.24 bits per heavy atom. The zero-order valence-electron chi connectivity index (χ0n) is 18.8. The number of benzene rings is 3. The van der Waals surface area contributed by atoms with Gasteiger partial charge in [0.15, 0.2) is 11.8 Å². The quantitative estimate of drug-likeness (QED) is 0.262. The van der Waals surface area contributed by atoms with Crippen molar-refractivity contribution >= 4 is 21.8 Å². The summed E-state index contributed by atoms with van der Waals surface area (Å²) in [5.74, 6) is 1.77. The maximum atomic E-state index is 10.6. The number of aromatic amines is 2. The highest BCUT2D eigenvalue weighted by molar-refractivity contribution is 5.81. The van der Waals surface area contributed by atoms with Crippen molar-refractivity contribution in [1.82, 2.24) is 9.97 Å². The van der Waals surface area contributed by atoms with Crippen molar-refractivity contribution in [3.8, 4) is 17.5 Å². The molecule has 5 aromatic rings. The molecule has 2 atom stereocenters. The van der Waals surface area contributed by atoms with Crippen LogP contribution in [0.15, 0.2) is 78.9 Å². The molecule has 0 saturated carbocycles. The predicted octanol–water partition coefficient (Wildman–Crippen LogP) is 6.37. The smallest absolute Gasteiger partial charge is 0.192 e. The first kappa shape index (κ1) is 21.0. The van der Waals surface area contributed by atoms with E-state index >= 15 is 0 Å². The van der Waals surface area contributed by atoms with Crippen LogP contribution in [0.4, 0.5) is 0 Å². The molecule has 3 N–H and O–H groups in total. The zero-order chi connectivity index (χ0) is 22.8. The topological polar surface area (TPSA) is 70.3 Å². The molecule has 0 aliphatic carbocycles. The fraction of sp³-hybridized carbons (Fsp3) is 0.214. The average Bonchev–Trinajstić information content (AvgIpc) is 3.38. The van der Waals surface area contributed by atoms with Gasteiger partial charge in [-0.3, -0.25) is 0 Å². The second-order valence-electron chi connectivity index (χ2n) is 8.62. The Kier molecular flexibility index (Phi) is 5.69. The largest absolute Gasteiger partial charge is 0.508 e. The minimum Gasteiger partial charge on any atom is -0.508 e. The van der Waals surface area contributed by atoms with Crippen LogP contribution < -0.4 is 9.47 Å². The first-order chi connectivity index (χ1) is 16.0. The van der Waals surface area contributed by atoms with Crippen LogP contribution in [-0.4, -0.2) is 27.3 Å². The summed E-state index contributed by atoms with van der Waals surface area (Å²) in [4.78, 5) is 6.62. The molecule has 5 heteroatoms. The number of nitrogens with one attached hydrogen (secondary N) is 2. The van der Waals surface area contributed by atoms with Crippen molar-refractivity contribution in [3.05, 3.63) is 90.0 Å². The van der Waals surface area contributed by atoms with Gasteiger partial charge in [-0.25, -0.2) is 0 Å². The van der Waals surface area contributed by atoms with Crippen molar-refractivity contribution in [2.75, 3.05) is 0 Å². The maximum absolute atomic E-state index is 10.6. The minimum absolute atomic E-state index is 0.0662. The number of aromatic hydroxyl groups is 1. The van der Waals surface area contributed by atoms with Crippen molar-refractivity contribution in [2.24, 2.45) is 0 Å². The number of aromatic nitrogens is 2. The molecule has 0 aliphatic rings.